The molecule has 28 heavy (non-hydrogen) atoms. The highest BCUT2D eigenvalue weighted by Gasteiger charge is 2.15. The Hall–Kier alpha value is -3.09. The molecule has 0 radical (unpaired) electrons. The molecular weight excluding hydrogens is 349 g/mol. The normalized spacial score (nSPS) is 16.0. The van der Waals surface area contributed by atoms with Crippen LogP contribution in [0.25, 0.3) is 28.3 Å². The van der Waals surface area contributed by atoms with E-state index in [9.17, 15) is 10.0 Å². The lowest BCUT2D eigenvalue weighted by Crippen LogP contribution is -2.29. The summed E-state index contributed by atoms with van der Waals surface area (Å²) in [5, 5.41) is 18.6. The van der Waals surface area contributed by atoms with Crippen LogP contribution in [0.1, 0.15) is 19.2 Å². The van der Waals surface area contributed by atoms with Crippen LogP contribution in [0.3, 0.4) is 0 Å². The van der Waals surface area contributed by atoms with Crippen molar-refractivity contribution >= 4 is 18.2 Å². The van der Waals surface area contributed by atoms with Crippen LogP contribution < -0.4 is 5.46 Å². The molecule has 1 aliphatic carbocycles. The summed E-state index contributed by atoms with van der Waals surface area (Å²) in [6.07, 6.45) is 7.34. The van der Waals surface area contributed by atoms with E-state index in [1.807, 2.05) is 30.3 Å². The molecular formula is C22H20BN3O2. The van der Waals surface area contributed by atoms with Crippen LogP contribution in [-0.4, -0.2) is 32.1 Å². The van der Waals surface area contributed by atoms with Gasteiger partial charge in [-0.1, -0.05) is 79.7 Å². The average molecular weight is 369 g/mol. The van der Waals surface area contributed by atoms with E-state index in [4.69, 9.17) is 4.98 Å². The third kappa shape index (κ3) is 3.93. The van der Waals surface area contributed by atoms with E-state index in [0.717, 1.165) is 23.1 Å². The van der Waals surface area contributed by atoms with Crippen LogP contribution in [0.4, 0.5) is 0 Å². The molecule has 6 heteroatoms. The third-order valence-corrected chi connectivity index (χ3v) is 4.71. The Labute approximate surface area is 164 Å². The Morgan fingerprint density at radius 3 is 2.00 bits per heavy atom. The Kier molecular flexibility index (Phi) is 5.15. The fraction of sp³-hybridized carbons (Fsp3) is 0.136. The van der Waals surface area contributed by atoms with Gasteiger partial charge in [-0.25, -0.2) is 15.0 Å². The second-order valence-corrected chi connectivity index (χ2v) is 6.90. The number of hydrogen-bond acceptors (Lipinski definition) is 5. The lowest BCUT2D eigenvalue weighted by atomic mass is 9.80. The Morgan fingerprint density at radius 1 is 0.821 bits per heavy atom. The van der Waals surface area contributed by atoms with Gasteiger partial charge in [0, 0.05) is 16.7 Å². The number of allylic oxidation sites excluding steroid dienone is 4. The molecule has 0 aliphatic heterocycles. The van der Waals surface area contributed by atoms with Crippen molar-refractivity contribution in [2.24, 2.45) is 5.92 Å². The van der Waals surface area contributed by atoms with Crippen LogP contribution in [0, 0.1) is 5.92 Å². The molecule has 2 aromatic carbocycles. The van der Waals surface area contributed by atoms with Crippen molar-refractivity contribution in [3.63, 3.8) is 0 Å². The standard InChI is InChI=1S/C22H20BN3O2/c1-15-7-9-17(10-8-15)21-24-20(16-5-3-2-4-6-16)25-22(26-21)18-11-13-19(14-12-18)23(27)28/h2-7,9-15,27-28H,8H2,1H3. The van der Waals surface area contributed by atoms with Gasteiger partial charge in [0.2, 0.25) is 0 Å². The summed E-state index contributed by atoms with van der Waals surface area (Å²) in [6.45, 7) is 2.18. The summed E-state index contributed by atoms with van der Waals surface area (Å²) >= 11 is 0. The molecule has 1 heterocycles. The maximum absolute atomic E-state index is 9.31. The molecule has 0 saturated heterocycles. The van der Waals surface area contributed by atoms with Gasteiger partial charge in [-0.15, -0.1) is 0 Å². The molecule has 0 saturated carbocycles. The molecule has 0 bridgehead atoms. The van der Waals surface area contributed by atoms with Crippen molar-refractivity contribution in [3.8, 4) is 22.8 Å². The molecule has 1 aromatic heterocycles. The Bertz CT molecular complexity index is 1030. The fourth-order valence-corrected chi connectivity index (χ4v) is 3.05. The summed E-state index contributed by atoms with van der Waals surface area (Å²) in [4.78, 5) is 14.0. The summed E-state index contributed by atoms with van der Waals surface area (Å²) in [5.41, 5.74) is 3.12. The topological polar surface area (TPSA) is 79.1 Å². The molecule has 3 aromatic rings. The van der Waals surface area contributed by atoms with Gasteiger partial charge in [-0.2, -0.15) is 0 Å². The first-order chi connectivity index (χ1) is 13.6. The van der Waals surface area contributed by atoms with E-state index in [0.29, 0.717) is 28.9 Å². The minimum Gasteiger partial charge on any atom is -0.423 e. The molecule has 0 fully saturated rings. The molecule has 1 unspecified atom stereocenters. The van der Waals surface area contributed by atoms with Crippen LogP contribution in [0.5, 0.6) is 0 Å². The van der Waals surface area contributed by atoms with Gasteiger partial charge in [0.15, 0.2) is 17.5 Å². The predicted molar refractivity (Wildman–Crippen MR) is 111 cm³/mol. The van der Waals surface area contributed by atoms with Crippen LogP contribution in [0.2, 0.25) is 0 Å². The maximum atomic E-state index is 9.31. The predicted octanol–water partition coefficient (Wildman–Crippen LogP) is 2.86. The first-order valence-corrected chi connectivity index (χ1v) is 9.27. The zero-order valence-electron chi connectivity index (χ0n) is 15.5. The van der Waals surface area contributed by atoms with E-state index in [-0.39, 0.29) is 0 Å². The quantitative estimate of drug-likeness (QED) is 0.692. The van der Waals surface area contributed by atoms with Crippen molar-refractivity contribution in [3.05, 3.63) is 78.6 Å². The van der Waals surface area contributed by atoms with Gasteiger partial charge >= 0.3 is 7.12 Å². The molecule has 1 atom stereocenters. The number of benzene rings is 2. The van der Waals surface area contributed by atoms with Gasteiger partial charge in [0.1, 0.15) is 0 Å². The maximum Gasteiger partial charge on any atom is 0.488 e. The highest BCUT2D eigenvalue weighted by Crippen LogP contribution is 2.26. The summed E-state index contributed by atoms with van der Waals surface area (Å²) in [5.74, 6) is 2.31. The number of hydrogen-bond donors (Lipinski definition) is 2. The monoisotopic (exact) mass is 369 g/mol. The van der Waals surface area contributed by atoms with Crippen molar-refractivity contribution in [1.82, 2.24) is 15.0 Å². The lowest BCUT2D eigenvalue weighted by Gasteiger charge is -2.13. The average Bonchev–Trinajstić information content (AvgIpc) is 2.74. The molecule has 5 nitrogen and oxygen atoms in total. The molecule has 1 aliphatic rings. The van der Waals surface area contributed by atoms with Crippen molar-refractivity contribution in [1.29, 1.82) is 0 Å². The second kappa shape index (κ2) is 7.88. The van der Waals surface area contributed by atoms with Gasteiger partial charge in [-0.3, -0.25) is 0 Å². The van der Waals surface area contributed by atoms with Crippen LogP contribution in [-0.2, 0) is 0 Å². The summed E-state index contributed by atoms with van der Waals surface area (Å²) in [6, 6.07) is 16.7. The highest BCUT2D eigenvalue weighted by molar-refractivity contribution is 6.58. The SMILES string of the molecule is CC1C=CC(c2nc(-c3ccccc3)nc(-c3ccc(B(O)O)cc3)n2)=CC1. The number of rotatable bonds is 4. The van der Waals surface area contributed by atoms with Crippen molar-refractivity contribution < 1.29 is 10.0 Å². The first kappa shape index (κ1) is 18.3. The first-order valence-electron chi connectivity index (χ1n) is 9.27. The minimum atomic E-state index is -1.50. The van der Waals surface area contributed by atoms with Crippen molar-refractivity contribution in [2.45, 2.75) is 13.3 Å². The highest BCUT2D eigenvalue weighted by atomic mass is 16.4. The fourth-order valence-electron chi connectivity index (χ4n) is 3.05. The zero-order valence-corrected chi connectivity index (χ0v) is 15.5. The van der Waals surface area contributed by atoms with Crippen LogP contribution in [0.15, 0.2) is 72.8 Å². The van der Waals surface area contributed by atoms with Crippen molar-refractivity contribution in [2.75, 3.05) is 0 Å². The van der Waals surface area contributed by atoms with Crippen LogP contribution >= 0.6 is 0 Å². The molecule has 0 spiro atoms. The summed E-state index contributed by atoms with van der Waals surface area (Å²) < 4.78 is 0. The minimum absolute atomic E-state index is 0.424. The van der Waals surface area contributed by atoms with E-state index in [1.165, 1.54) is 0 Å². The molecule has 0 amide bonds. The number of aromatic nitrogens is 3. The number of nitrogens with zero attached hydrogens (tertiary/aromatic N) is 3. The van der Waals surface area contributed by atoms with E-state index >= 15 is 0 Å². The smallest absolute Gasteiger partial charge is 0.423 e. The van der Waals surface area contributed by atoms with E-state index in [2.05, 4.69) is 35.1 Å². The second-order valence-electron chi connectivity index (χ2n) is 6.90. The molecule has 2 N–H and O–H groups in total. The lowest BCUT2D eigenvalue weighted by molar-refractivity contribution is 0.426. The zero-order chi connectivity index (χ0) is 19.5. The Morgan fingerprint density at radius 2 is 1.43 bits per heavy atom. The Balaban J connectivity index is 1.81. The van der Waals surface area contributed by atoms with E-state index < -0.39 is 7.12 Å². The largest absolute Gasteiger partial charge is 0.488 e. The van der Waals surface area contributed by atoms with Gasteiger partial charge in [-0.05, 0) is 17.8 Å². The third-order valence-electron chi connectivity index (χ3n) is 4.71. The van der Waals surface area contributed by atoms with Gasteiger partial charge in [0.05, 0.1) is 0 Å². The van der Waals surface area contributed by atoms with Gasteiger partial charge in [0.25, 0.3) is 0 Å². The molecule has 138 valence electrons. The van der Waals surface area contributed by atoms with Gasteiger partial charge < -0.3 is 10.0 Å². The molecule has 4 rings (SSSR count). The summed E-state index contributed by atoms with van der Waals surface area (Å²) in [7, 11) is -1.50. The van der Waals surface area contributed by atoms with E-state index in [1.54, 1.807) is 24.3 Å².